The number of carbonyl (C=O) groups is 1. The van der Waals surface area contributed by atoms with Crippen molar-refractivity contribution in [2.75, 3.05) is 25.5 Å². The molecule has 0 fully saturated rings. The average molecular weight is 299 g/mol. The number of nitrogens with two attached hydrogens (primary N) is 1. The van der Waals surface area contributed by atoms with Crippen LogP contribution in [-0.2, 0) is 6.54 Å². The maximum atomic E-state index is 12.1. The molecule has 0 spiro atoms. The summed E-state index contributed by atoms with van der Waals surface area (Å²) in [4.78, 5) is 12.1. The Morgan fingerprint density at radius 3 is 2.55 bits per heavy atom. The molecule has 1 amide bonds. The quantitative estimate of drug-likeness (QED) is 0.731. The van der Waals surface area contributed by atoms with Gasteiger partial charge < -0.3 is 21.1 Å². The second-order valence-corrected chi connectivity index (χ2v) is 4.79. The van der Waals surface area contributed by atoms with Gasteiger partial charge in [-0.2, -0.15) is 0 Å². The van der Waals surface area contributed by atoms with Crippen LogP contribution in [0.4, 0.5) is 5.69 Å². The Morgan fingerprint density at radius 1 is 1.14 bits per heavy atom. The third-order valence-electron chi connectivity index (χ3n) is 3.24. The fraction of sp³-hybridized carbons (Fsp3) is 0.235. The van der Waals surface area contributed by atoms with E-state index in [2.05, 4.69) is 10.6 Å². The molecule has 116 valence electrons. The van der Waals surface area contributed by atoms with E-state index in [9.17, 15) is 4.79 Å². The van der Waals surface area contributed by atoms with Crippen LogP contribution in [0.5, 0.6) is 5.75 Å². The van der Waals surface area contributed by atoms with Crippen molar-refractivity contribution >= 4 is 11.6 Å². The molecule has 0 radical (unpaired) electrons. The van der Waals surface area contributed by atoms with Crippen molar-refractivity contribution in [3.63, 3.8) is 0 Å². The number of hydrogen-bond donors (Lipinski definition) is 3. The number of benzene rings is 2. The van der Waals surface area contributed by atoms with Crippen LogP contribution in [-0.4, -0.2) is 26.1 Å². The number of hydrogen-bond acceptors (Lipinski definition) is 4. The van der Waals surface area contributed by atoms with Crippen LogP contribution in [0.3, 0.4) is 0 Å². The Bertz CT molecular complexity index is 612. The molecule has 0 aliphatic carbocycles. The van der Waals surface area contributed by atoms with Crippen molar-refractivity contribution in [3.8, 4) is 5.75 Å². The van der Waals surface area contributed by atoms with Crippen LogP contribution in [0.25, 0.3) is 0 Å². The minimum atomic E-state index is -0.122. The number of anilines is 1. The van der Waals surface area contributed by atoms with Crippen molar-refractivity contribution in [1.82, 2.24) is 5.32 Å². The maximum Gasteiger partial charge on any atom is 0.253 e. The number of rotatable bonds is 7. The highest BCUT2D eigenvalue weighted by atomic mass is 16.5. The summed E-state index contributed by atoms with van der Waals surface area (Å²) in [7, 11) is 1.64. The van der Waals surface area contributed by atoms with E-state index in [-0.39, 0.29) is 5.91 Å². The van der Waals surface area contributed by atoms with Gasteiger partial charge >= 0.3 is 0 Å². The molecule has 0 aromatic heterocycles. The molecule has 4 N–H and O–H groups in total. The Labute approximate surface area is 130 Å². The first-order valence-corrected chi connectivity index (χ1v) is 7.18. The summed E-state index contributed by atoms with van der Waals surface area (Å²) in [5, 5.41) is 6.07. The fourth-order valence-electron chi connectivity index (χ4n) is 2.06. The standard InChI is InChI=1S/C17H21N3O2/c1-22-14-8-6-13(7-9-14)12-20-16-5-3-2-4-15(16)17(21)19-11-10-18/h2-9,20H,10-12,18H2,1H3,(H,19,21). The van der Waals surface area contributed by atoms with Gasteiger partial charge in [0.05, 0.1) is 12.7 Å². The first-order chi connectivity index (χ1) is 10.7. The summed E-state index contributed by atoms with van der Waals surface area (Å²) in [6, 6.07) is 15.2. The van der Waals surface area contributed by atoms with Gasteiger partial charge in [-0.1, -0.05) is 24.3 Å². The topological polar surface area (TPSA) is 76.4 Å². The summed E-state index contributed by atoms with van der Waals surface area (Å²) in [5.74, 6) is 0.702. The molecule has 2 aromatic carbocycles. The monoisotopic (exact) mass is 299 g/mol. The van der Waals surface area contributed by atoms with E-state index in [1.807, 2.05) is 42.5 Å². The molecule has 2 aromatic rings. The maximum absolute atomic E-state index is 12.1. The molecule has 0 bridgehead atoms. The van der Waals surface area contributed by atoms with Gasteiger partial charge in [0.15, 0.2) is 0 Å². The van der Waals surface area contributed by atoms with Crippen molar-refractivity contribution in [2.45, 2.75) is 6.54 Å². The minimum Gasteiger partial charge on any atom is -0.497 e. The lowest BCUT2D eigenvalue weighted by atomic mass is 10.1. The van der Waals surface area contributed by atoms with Gasteiger partial charge in [0, 0.05) is 25.3 Å². The summed E-state index contributed by atoms with van der Waals surface area (Å²) in [6.45, 7) is 1.52. The highest BCUT2D eigenvalue weighted by molar-refractivity contribution is 5.99. The SMILES string of the molecule is COc1ccc(CNc2ccccc2C(=O)NCCN)cc1. The largest absolute Gasteiger partial charge is 0.497 e. The molecule has 0 saturated carbocycles. The van der Waals surface area contributed by atoms with E-state index in [0.29, 0.717) is 25.2 Å². The molecular formula is C17H21N3O2. The van der Waals surface area contributed by atoms with Crippen LogP contribution in [0.1, 0.15) is 15.9 Å². The van der Waals surface area contributed by atoms with Gasteiger partial charge in [0.25, 0.3) is 5.91 Å². The van der Waals surface area contributed by atoms with Crippen LogP contribution in [0, 0.1) is 0 Å². The van der Waals surface area contributed by atoms with E-state index in [0.717, 1.165) is 17.0 Å². The summed E-state index contributed by atoms with van der Waals surface area (Å²) >= 11 is 0. The number of carbonyl (C=O) groups excluding carboxylic acids is 1. The molecule has 0 aliphatic heterocycles. The average Bonchev–Trinajstić information content (AvgIpc) is 2.58. The summed E-state index contributed by atoms with van der Waals surface area (Å²) in [6.07, 6.45) is 0. The molecular weight excluding hydrogens is 278 g/mol. The minimum absolute atomic E-state index is 0.122. The fourth-order valence-corrected chi connectivity index (χ4v) is 2.06. The van der Waals surface area contributed by atoms with Crippen molar-refractivity contribution in [1.29, 1.82) is 0 Å². The Balaban J connectivity index is 2.04. The zero-order valence-corrected chi connectivity index (χ0v) is 12.6. The lowest BCUT2D eigenvalue weighted by molar-refractivity contribution is 0.0955. The van der Waals surface area contributed by atoms with Gasteiger partial charge in [-0.05, 0) is 29.8 Å². The normalized spacial score (nSPS) is 10.1. The number of nitrogens with one attached hydrogen (secondary N) is 2. The van der Waals surface area contributed by atoms with Gasteiger partial charge in [-0.3, -0.25) is 4.79 Å². The smallest absolute Gasteiger partial charge is 0.253 e. The first kappa shape index (κ1) is 15.9. The molecule has 5 heteroatoms. The molecule has 0 heterocycles. The number of ether oxygens (including phenoxy) is 1. The van der Waals surface area contributed by atoms with E-state index in [1.165, 1.54) is 0 Å². The molecule has 0 unspecified atom stereocenters. The van der Waals surface area contributed by atoms with E-state index in [4.69, 9.17) is 10.5 Å². The second-order valence-electron chi connectivity index (χ2n) is 4.79. The van der Waals surface area contributed by atoms with E-state index < -0.39 is 0 Å². The number of para-hydroxylation sites is 1. The Hall–Kier alpha value is -2.53. The summed E-state index contributed by atoms with van der Waals surface area (Å²) < 4.78 is 5.14. The zero-order valence-electron chi connectivity index (χ0n) is 12.6. The van der Waals surface area contributed by atoms with Crippen LogP contribution >= 0.6 is 0 Å². The lowest BCUT2D eigenvalue weighted by Gasteiger charge is -2.12. The van der Waals surface area contributed by atoms with E-state index >= 15 is 0 Å². The van der Waals surface area contributed by atoms with Gasteiger partial charge in [0.2, 0.25) is 0 Å². The van der Waals surface area contributed by atoms with Crippen molar-refractivity contribution in [3.05, 3.63) is 59.7 Å². The molecule has 0 atom stereocenters. The van der Waals surface area contributed by atoms with Gasteiger partial charge in [-0.15, -0.1) is 0 Å². The number of methoxy groups -OCH3 is 1. The van der Waals surface area contributed by atoms with Crippen LogP contribution in [0.15, 0.2) is 48.5 Å². The third-order valence-corrected chi connectivity index (χ3v) is 3.24. The predicted octanol–water partition coefficient (Wildman–Crippen LogP) is 2.00. The molecule has 22 heavy (non-hydrogen) atoms. The van der Waals surface area contributed by atoms with Gasteiger partial charge in [-0.25, -0.2) is 0 Å². The third kappa shape index (κ3) is 4.23. The molecule has 2 rings (SSSR count). The Morgan fingerprint density at radius 2 is 1.86 bits per heavy atom. The van der Waals surface area contributed by atoms with E-state index in [1.54, 1.807) is 13.2 Å². The molecule has 5 nitrogen and oxygen atoms in total. The predicted molar refractivity (Wildman–Crippen MR) is 88.2 cm³/mol. The lowest BCUT2D eigenvalue weighted by Crippen LogP contribution is -2.29. The zero-order chi connectivity index (χ0) is 15.8. The molecule has 0 aliphatic rings. The highest BCUT2D eigenvalue weighted by Gasteiger charge is 2.09. The van der Waals surface area contributed by atoms with Gasteiger partial charge in [0.1, 0.15) is 5.75 Å². The number of amides is 1. The highest BCUT2D eigenvalue weighted by Crippen LogP contribution is 2.17. The van der Waals surface area contributed by atoms with Crippen molar-refractivity contribution < 1.29 is 9.53 Å². The second kappa shape index (κ2) is 8.05. The van der Waals surface area contributed by atoms with Crippen LogP contribution in [0.2, 0.25) is 0 Å². The summed E-state index contributed by atoms with van der Waals surface area (Å²) in [5.41, 5.74) is 7.93. The first-order valence-electron chi connectivity index (χ1n) is 7.18. The van der Waals surface area contributed by atoms with Crippen molar-refractivity contribution in [2.24, 2.45) is 5.73 Å². The molecule has 0 saturated heterocycles. The van der Waals surface area contributed by atoms with Crippen LogP contribution < -0.4 is 21.1 Å². The Kier molecular flexibility index (Phi) is 5.80.